The maximum absolute atomic E-state index is 13.4. The van der Waals surface area contributed by atoms with E-state index >= 15 is 0 Å². The van der Waals surface area contributed by atoms with Crippen LogP contribution in [0.2, 0.25) is 0 Å². The maximum Gasteiger partial charge on any atom is 0.141 e. The summed E-state index contributed by atoms with van der Waals surface area (Å²) in [7, 11) is 0. The van der Waals surface area contributed by atoms with Gasteiger partial charge in [-0.15, -0.1) is 11.3 Å². The standard InChI is InChI=1S/C10H9BrFNS/c11-7-1-2-8(12)10-9(7)6(3-4-13)5-14-10/h1-2,5H,3-4,13H2. The fraction of sp³-hybridized carbons (Fsp3) is 0.200. The Morgan fingerprint density at radius 1 is 1.43 bits per heavy atom. The third kappa shape index (κ3) is 1.58. The molecular formula is C10H9BrFNS. The topological polar surface area (TPSA) is 26.0 Å². The molecule has 0 unspecified atom stereocenters. The van der Waals surface area contributed by atoms with E-state index in [4.69, 9.17) is 5.73 Å². The number of halogens is 2. The Labute approximate surface area is 93.9 Å². The van der Waals surface area contributed by atoms with Crippen LogP contribution < -0.4 is 5.73 Å². The molecule has 0 amide bonds. The van der Waals surface area contributed by atoms with E-state index < -0.39 is 0 Å². The maximum atomic E-state index is 13.4. The molecule has 1 aromatic carbocycles. The van der Waals surface area contributed by atoms with Crippen molar-refractivity contribution in [3.05, 3.63) is 33.4 Å². The number of hydrogen-bond donors (Lipinski definition) is 1. The lowest BCUT2D eigenvalue weighted by Gasteiger charge is -1.99. The molecule has 0 aliphatic heterocycles. The van der Waals surface area contributed by atoms with Gasteiger partial charge < -0.3 is 5.73 Å². The first-order valence-corrected chi connectivity index (χ1v) is 5.95. The Balaban J connectivity index is 2.70. The molecule has 0 spiro atoms. The van der Waals surface area contributed by atoms with Crippen LogP contribution in [0.25, 0.3) is 10.1 Å². The molecule has 4 heteroatoms. The summed E-state index contributed by atoms with van der Waals surface area (Å²) in [6, 6.07) is 3.22. The Morgan fingerprint density at radius 2 is 2.21 bits per heavy atom. The van der Waals surface area contributed by atoms with E-state index in [-0.39, 0.29) is 5.82 Å². The molecule has 0 aliphatic rings. The van der Waals surface area contributed by atoms with E-state index in [9.17, 15) is 4.39 Å². The molecule has 0 saturated carbocycles. The minimum Gasteiger partial charge on any atom is -0.330 e. The SMILES string of the molecule is NCCc1csc2c(F)ccc(Br)c12. The van der Waals surface area contributed by atoms with Gasteiger partial charge in [-0.2, -0.15) is 0 Å². The van der Waals surface area contributed by atoms with E-state index in [1.54, 1.807) is 6.07 Å². The van der Waals surface area contributed by atoms with Gasteiger partial charge in [0.05, 0.1) is 4.70 Å². The lowest BCUT2D eigenvalue weighted by molar-refractivity contribution is 0.641. The second-order valence-electron chi connectivity index (χ2n) is 3.03. The first-order valence-electron chi connectivity index (χ1n) is 4.28. The summed E-state index contributed by atoms with van der Waals surface area (Å²) in [4.78, 5) is 0. The van der Waals surface area contributed by atoms with Crippen molar-refractivity contribution < 1.29 is 4.39 Å². The predicted octanol–water partition coefficient (Wildman–Crippen LogP) is 3.30. The number of nitrogens with two attached hydrogens (primary N) is 1. The Bertz CT molecular complexity index is 466. The monoisotopic (exact) mass is 273 g/mol. The van der Waals surface area contributed by atoms with Gasteiger partial charge in [0.15, 0.2) is 0 Å². The average molecular weight is 274 g/mol. The highest BCUT2D eigenvalue weighted by Crippen LogP contribution is 2.34. The summed E-state index contributed by atoms with van der Waals surface area (Å²) in [6.07, 6.45) is 0.794. The van der Waals surface area contributed by atoms with Crippen molar-refractivity contribution in [2.24, 2.45) is 5.73 Å². The van der Waals surface area contributed by atoms with Crippen LogP contribution in [0.5, 0.6) is 0 Å². The van der Waals surface area contributed by atoms with Gasteiger partial charge >= 0.3 is 0 Å². The van der Waals surface area contributed by atoms with Crippen molar-refractivity contribution in [3.63, 3.8) is 0 Å². The highest BCUT2D eigenvalue weighted by molar-refractivity contribution is 9.10. The van der Waals surface area contributed by atoms with Crippen molar-refractivity contribution in [2.75, 3.05) is 6.54 Å². The number of fused-ring (bicyclic) bond motifs is 1. The van der Waals surface area contributed by atoms with Crippen molar-refractivity contribution >= 4 is 37.4 Å². The molecule has 2 aromatic rings. The molecule has 1 aromatic heterocycles. The molecule has 0 radical (unpaired) electrons. The largest absolute Gasteiger partial charge is 0.330 e. The molecule has 0 bridgehead atoms. The zero-order valence-corrected chi connectivity index (χ0v) is 9.79. The van der Waals surface area contributed by atoms with Crippen LogP contribution in [0.3, 0.4) is 0 Å². The minimum absolute atomic E-state index is 0.156. The lowest BCUT2D eigenvalue weighted by atomic mass is 10.1. The summed E-state index contributed by atoms with van der Waals surface area (Å²) >= 11 is 4.86. The van der Waals surface area contributed by atoms with Crippen molar-refractivity contribution in [3.8, 4) is 0 Å². The van der Waals surface area contributed by atoms with Crippen molar-refractivity contribution in [1.29, 1.82) is 0 Å². The van der Waals surface area contributed by atoms with Crippen LogP contribution in [-0.4, -0.2) is 6.54 Å². The molecule has 0 aliphatic carbocycles. The molecular weight excluding hydrogens is 265 g/mol. The normalized spacial score (nSPS) is 11.1. The van der Waals surface area contributed by atoms with Crippen LogP contribution in [-0.2, 0) is 6.42 Å². The van der Waals surface area contributed by atoms with E-state index in [0.717, 1.165) is 21.8 Å². The summed E-state index contributed by atoms with van der Waals surface area (Å²) in [6.45, 7) is 0.592. The summed E-state index contributed by atoms with van der Waals surface area (Å²) in [5.74, 6) is -0.156. The van der Waals surface area contributed by atoms with Crippen LogP contribution in [0.4, 0.5) is 4.39 Å². The number of rotatable bonds is 2. The average Bonchev–Trinajstić information content (AvgIpc) is 2.58. The summed E-state index contributed by atoms with van der Waals surface area (Å²) < 4.78 is 15.0. The van der Waals surface area contributed by atoms with E-state index in [1.165, 1.54) is 17.4 Å². The van der Waals surface area contributed by atoms with Crippen LogP contribution in [0.1, 0.15) is 5.56 Å². The van der Waals surface area contributed by atoms with Crippen molar-refractivity contribution in [1.82, 2.24) is 0 Å². The van der Waals surface area contributed by atoms with Gasteiger partial charge in [-0.25, -0.2) is 4.39 Å². The van der Waals surface area contributed by atoms with E-state index in [2.05, 4.69) is 15.9 Å². The molecule has 2 N–H and O–H groups in total. The third-order valence-electron chi connectivity index (χ3n) is 2.11. The fourth-order valence-electron chi connectivity index (χ4n) is 1.48. The second-order valence-corrected chi connectivity index (χ2v) is 4.77. The number of benzene rings is 1. The molecule has 2 rings (SSSR count). The highest BCUT2D eigenvalue weighted by Gasteiger charge is 2.10. The van der Waals surface area contributed by atoms with E-state index in [1.807, 2.05) is 5.38 Å². The first-order chi connectivity index (χ1) is 6.74. The smallest absolute Gasteiger partial charge is 0.141 e. The molecule has 0 atom stereocenters. The van der Waals surface area contributed by atoms with E-state index in [0.29, 0.717) is 11.2 Å². The van der Waals surface area contributed by atoms with Gasteiger partial charge in [0.2, 0.25) is 0 Å². The second kappa shape index (κ2) is 3.96. The predicted molar refractivity (Wildman–Crippen MR) is 62.2 cm³/mol. The van der Waals surface area contributed by atoms with Crippen molar-refractivity contribution in [2.45, 2.75) is 6.42 Å². The van der Waals surface area contributed by atoms with Gasteiger partial charge in [0.25, 0.3) is 0 Å². The van der Waals surface area contributed by atoms with Gasteiger partial charge in [0.1, 0.15) is 5.82 Å². The van der Waals surface area contributed by atoms with Crippen LogP contribution in [0, 0.1) is 5.82 Å². The van der Waals surface area contributed by atoms with Crippen LogP contribution in [0.15, 0.2) is 22.0 Å². The Hall–Kier alpha value is -0.450. The molecule has 1 heterocycles. The molecule has 0 saturated heterocycles. The van der Waals surface area contributed by atoms with Gasteiger partial charge in [-0.1, -0.05) is 15.9 Å². The summed E-state index contributed by atoms with van der Waals surface area (Å²) in [5, 5.41) is 2.95. The number of hydrogen-bond acceptors (Lipinski definition) is 2. The number of thiophene rings is 1. The highest BCUT2D eigenvalue weighted by atomic mass is 79.9. The lowest BCUT2D eigenvalue weighted by Crippen LogP contribution is -2.01. The molecule has 0 fully saturated rings. The van der Waals surface area contributed by atoms with Gasteiger partial charge in [-0.3, -0.25) is 0 Å². The Morgan fingerprint density at radius 3 is 2.93 bits per heavy atom. The quantitative estimate of drug-likeness (QED) is 0.893. The fourth-order valence-corrected chi connectivity index (χ4v) is 3.23. The first kappa shape index (κ1) is 10.1. The minimum atomic E-state index is -0.156. The zero-order valence-electron chi connectivity index (χ0n) is 7.39. The molecule has 1 nitrogen and oxygen atoms in total. The zero-order chi connectivity index (χ0) is 10.1. The van der Waals surface area contributed by atoms with Crippen LogP contribution >= 0.6 is 27.3 Å². The summed E-state index contributed by atoms with van der Waals surface area (Å²) in [5.41, 5.74) is 6.62. The van der Waals surface area contributed by atoms with Gasteiger partial charge in [-0.05, 0) is 36.0 Å². The molecule has 14 heavy (non-hydrogen) atoms. The Kier molecular flexibility index (Phi) is 2.85. The third-order valence-corrected chi connectivity index (χ3v) is 3.81. The van der Waals surface area contributed by atoms with Gasteiger partial charge in [0, 0.05) is 9.86 Å². The molecule has 74 valence electrons.